The maximum atomic E-state index is 11.9. The number of rotatable bonds is 4. The van der Waals surface area contributed by atoms with Crippen molar-refractivity contribution in [2.75, 3.05) is 5.33 Å². The summed E-state index contributed by atoms with van der Waals surface area (Å²) in [5, 5.41) is 0.150. The van der Waals surface area contributed by atoms with Crippen molar-refractivity contribution in [1.29, 1.82) is 0 Å². The molecule has 2 saturated carbocycles. The van der Waals surface area contributed by atoms with Gasteiger partial charge in [0.05, 0.1) is 5.92 Å². The van der Waals surface area contributed by atoms with Gasteiger partial charge in [-0.15, -0.1) is 0 Å². The molecule has 112 valence electrons. The van der Waals surface area contributed by atoms with Crippen molar-refractivity contribution < 1.29 is 23.8 Å². The number of fused-ring (bicyclic) bond motifs is 1. The van der Waals surface area contributed by atoms with Crippen LogP contribution in [-0.2, 0) is 23.8 Å². The van der Waals surface area contributed by atoms with Crippen LogP contribution in [0.25, 0.3) is 0 Å². The predicted octanol–water partition coefficient (Wildman–Crippen LogP) is 2.02. The number of halogens is 1. The molecule has 0 spiro atoms. The van der Waals surface area contributed by atoms with Gasteiger partial charge in [-0.1, -0.05) is 15.9 Å². The molecule has 0 radical (unpaired) electrons. The third-order valence-corrected chi connectivity index (χ3v) is 5.05. The fraction of sp³-hybridized carbons (Fsp3) is 0.857. The van der Waals surface area contributed by atoms with E-state index in [0.717, 1.165) is 25.7 Å². The molecule has 0 aromatic heterocycles. The Labute approximate surface area is 126 Å². The second kappa shape index (κ2) is 5.64. The lowest BCUT2D eigenvalue weighted by atomic mass is 9.67. The van der Waals surface area contributed by atoms with Crippen LogP contribution < -0.4 is 0 Å². The van der Waals surface area contributed by atoms with E-state index >= 15 is 0 Å². The molecule has 5 nitrogen and oxygen atoms in total. The lowest BCUT2D eigenvalue weighted by Crippen LogP contribution is -2.46. The third kappa shape index (κ3) is 2.72. The Balaban J connectivity index is 1.68. The maximum absolute atomic E-state index is 11.9. The van der Waals surface area contributed by atoms with Crippen LogP contribution >= 0.6 is 15.9 Å². The van der Waals surface area contributed by atoms with Crippen molar-refractivity contribution in [2.24, 2.45) is 17.8 Å². The van der Waals surface area contributed by atoms with Gasteiger partial charge in [-0.25, -0.2) is 0 Å². The molecule has 2 aliphatic heterocycles. The van der Waals surface area contributed by atoms with Crippen LogP contribution in [0, 0.1) is 17.8 Å². The van der Waals surface area contributed by atoms with Gasteiger partial charge in [0.15, 0.2) is 0 Å². The van der Waals surface area contributed by atoms with Gasteiger partial charge in [0.2, 0.25) is 6.29 Å². The standard InChI is InChI=1S/C14H19BrO5/c1-7(18-12(16)6-15)19-13-9-2-8-3-10(5-9)14(17)20-11(13)4-8/h7-11,13H,2-6H2,1H3. The number of esters is 2. The molecule has 6 atom stereocenters. The summed E-state index contributed by atoms with van der Waals surface area (Å²) in [4.78, 5) is 23.2. The molecule has 2 heterocycles. The monoisotopic (exact) mass is 346 g/mol. The predicted molar refractivity (Wildman–Crippen MR) is 73.0 cm³/mol. The zero-order chi connectivity index (χ0) is 14.3. The van der Waals surface area contributed by atoms with Crippen molar-refractivity contribution in [1.82, 2.24) is 0 Å². The van der Waals surface area contributed by atoms with Crippen molar-refractivity contribution >= 4 is 27.9 Å². The van der Waals surface area contributed by atoms with Gasteiger partial charge in [0.1, 0.15) is 17.5 Å². The van der Waals surface area contributed by atoms with Crippen molar-refractivity contribution in [3.8, 4) is 0 Å². The average molecular weight is 347 g/mol. The van der Waals surface area contributed by atoms with E-state index in [2.05, 4.69) is 15.9 Å². The first-order valence-corrected chi connectivity index (χ1v) is 8.30. The zero-order valence-corrected chi connectivity index (χ0v) is 13.0. The van der Waals surface area contributed by atoms with E-state index < -0.39 is 6.29 Å². The molecule has 2 aliphatic carbocycles. The number of alkyl halides is 1. The van der Waals surface area contributed by atoms with E-state index in [0.29, 0.717) is 11.8 Å². The summed E-state index contributed by atoms with van der Waals surface area (Å²) in [6.07, 6.45) is 2.85. The first kappa shape index (κ1) is 14.3. The Kier molecular flexibility index (Phi) is 4.04. The first-order chi connectivity index (χ1) is 9.56. The van der Waals surface area contributed by atoms with Crippen LogP contribution in [-0.4, -0.2) is 35.8 Å². The SMILES string of the molecule is CC(OC(=O)CBr)OC1C2CC3CC(C2)C(=O)OC1C3. The molecular formula is C14H19BrO5. The summed E-state index contributed by atoms with van der Waals surface area (Å²) in [6.45, 7) is 1.71. The molecule has 0 N–H and O–H groups in total. The largest absolute Gasteiger partial charge is 0.459 e. The summed E-state index contributed by atoms with van der Waals surface area (Å²) in [7, 11) is 0. The lowest BCUT2D eigenvalue weighted by Gasteiger charge is -2.42. The zero-order valence-electron chi connectivity index (χ0n) is 11.4. The van der Waals surface area contributed by atoms with Gasteiger partial charge < -0.3 is 14.2 Å². The highest BCUT2D eigenvalue weighted by Crippen LogP contribution is 2.48. The quantitative estimate of drug-likeness (QED) is 0.442. The van der Waals surface area contributed by atoms with Gasteiger partial charge >= 0.3 is 11.9 Å². The van der Waals surface area contributed by atoms with E-state index in [1.165, 1.54) is 0 Å². The Hall–Kier alpha value is -0.620. The maximum Gasteiger partial charge on any atom is 0.318 e. The molecule has 0 aromatic rings. The van der Waals surface area contributed by atoms with Crippen LogP contribution in [0.4, 0.5) is 0 Å². The lowest BCUT2D eigenvalue weighted by molar-refractivity contribution is -0.212. The number of hydrogen-bond acceptors (Lipinski definition) is 5. The Morgan fingerprint density at radius 2 is 2.20 bits per heavy atom. The van der Waals surface area contributed by atoms with Gasteiger partial charge in [0, 0.05) is 0 Å². The Morgan fingerprint density at radius 1 is 1.40 bits per heavy atom. The van der Waals surface area contributed by atoms with Crippen LogP contribution in [0.2, 0.25) is 0 Å². The van der Waals surface area contributed by atoms with Gasteiger partial charge in [-0.3, -0.25) is 9.59 Å². The number of carbonyl (C=O) groups is 2. The number of ether oxygens (including phenoxy) is 3. The fourth-order valence-corrected chi connectivity index (χ4v) is 4.06. The minimum Gasteiger partial charge on any atom is -0.459 e. The third-order valence-electron chi connectivity index (χ3n) is 4.59. The molecule has 4 fully saturated rings. The van der Waals surface area contributed by atoms with E-state index in [-0.39, 0.29) is 35.4 Å². The second-order valence-corrected chi connectivity index (χ2v) is 6.59. The van der Waals surface area contributed by atoms with Crippen molar-refractivity contribution in [3.63, 3.8) is 0 Å². The molecule has 6 heteroatoms. The van der Waals surface area contributed by atoms with Crippen LogP contribution in [0.1, 0.15) is 32.6 Å². The highest BCUT2D eigenvalue weighted by molar-refractivity contribution is 9.09. The van der Waals surface area contributed by atoms with Crippen molar-refractivity contribution in [3.05, 3.63) is 0 Å². The molecule has 0 amide bonds. The first-order valence-electron chi connectivity index (χ1n) is 7.18. The summed E-state index contributed by atoms with van der Waals surface area (Å²) >= 11 is 3.05. The minimum absolute atomic E-state index is 0.0396. The summed E-state index contributed by atoms with van der Waals surface area (Å²) in [5.74, 6) is 0.539. The van der Waals surface area contributed by atoms with Crippen LogP contribution in [0.3, 0.4) is 0 Å². The van der Waals surface area contributed by atoms with E-state index in [4.69, 9.17) is 14.2 Å². The molecule has 6 unspecified atom stereocenters. The van der Waals surface area contributed by atoms with Gasteiger partial charge in [-0.2, -0.15) is 0 Å². The average Bonchev–Trinajstić information content (AvgIpc) is 2.57. The summed E-state index contributed by atoms with van der Waals surface area (Å²) in [5.41, 5.74) is 0. The molecule has 4 aliphatic rings. The van der Waals surface area contributed by atoms with Crippen molar-refractivity contribution in [2.45, 2.75) is 51.1 Å². The van der Waals surface area contributed by atoms with Crippen LogP contribution in [0.15, 0.2) is 0 Å². The van der Waals surface area contributed by atoms with Crippen LogP contribution in [0.5, 0.6) is 0 Å². The van der Waals surface area contributed by atoms with E-state index in [1.807, 2.05) is 0 Å². The van der Waals surface area contributed by atoms with Gasteiger partial charge in [-0.05, 0) is 44.4 Å². The summed E-state index contributed by atoms with van der Waals surface area (Å²) < 4.78 is 16.6. The Morgan fingerprint density at radius 3 is 2.95 bits per heavy atom. The molecular weight excluding hydrogens is 328 g/mol. The minimum atomic E-state index is -0.610. The number of carbonyl (C=O) groups excluding carboxylic acids is 2. The smallest absolute Gasteiger partial charge is 0.318 e. The molecule has 0 aromatic carbocycles. The topological polar surface area (TPSA) is 61.8 Å². The highest BCUT2D eigenvalue weighted by atomic mass is 79.9. The highest BCUT2D eigenvalue weighted by Gasteiger charge is 2.51. The summed E-state index contributed by atoms with van der Waals surface area (Å²) in [6, 6.07) is 0. The van der Waals surface area contributed by atoms with E-state index in [1.54, 1.807) is 6.92 Å². The Bertz CT molecular complexity index is 412. The molecule has 2 saturated heterocycles. The van der Waals surface area contributed by atoms with Gasteiger partial charge in [0.25, 0.3) is 0 Å². The molecule has 4 rings (SSSR count). The molecule has 20 heavy (non-hydrogen) atoms. The fourth-order valence-electron chi connectivity index (χ4n) is 3.93. The normalized spacial score (nSPS) is 40.1. The molecule has 4 bridgehead atoms. The second-order valence-electron chi connectivity index (χ2n) is 6.03. The van der Waals surface area contributed by atoms with E-state index in [9.17, 15) is 9.59 Å². The number of hydrogen-bond donors (Lipinski definition) is 0.